The third kappa shape index (κ3) is 2.47. The van der Waals surface area contributed by atoms with E-state index in [0.717, 1.165) is 29.9 Å². The zero-order valence-electron chi connectivity index (χ0n) is 9.74. The topological polar surface area (TPSA) is 44.5 Å². The second-order valence-corrected chi connectivity index (χ2v) is 4.15. The van der Waals surface area contributed by atoms with Crippen LogP contribution in [0, 0.1) is 0 Å². The molecule has 1 aliphatic heterocycles. The molecule has 16 heavy (non-hydrogen) atoms. The predicted molar refractivity (Wildman–Crippen MR) is 63.9 cm³/mol. The van der Waals surface area contributed by atoms with Gasteiger partial charge < -0.3 is 15.2 Å². The summed E-state index contributed by atoms with van der Waals surface area (Å²) in [7, 11) is 0. The molecule has 0 aromatic heterocycles. The van der Waals surface area contributed by atoms with E-state index < -0.39 is 0 Å². The van der Waals surface area contributed by atoms with Crippen LogP contribution in [0.3, 0.4) is 0 Å². The van der Waals surface area contributed by atoms with Gasteiger partial charge in [0.15, 0.2) is 11.5 Å². The van der Waals surface area contributed by atoms with E-state index >= 15 is 0 Å². The minimum absolute atomic E-state index is 0.107. The van der Waals surface area contributed by atoms with E-state index in [4.69, 9.17) is 15.2 Å². The quantitative estimate of drug-likeness (QED) is 0.850. The molecular weight excluding hydrogens is 202 g/mol. The fraction of sp³-hybridized carbons (Fsp3) is 0.538. The van der Waals surface area contributed by atoms with Gasteiger partial charge in [-0.25, -0.2) is 0 Å². The fourth-order valence-corrected chi connectivity index (χ4v) is 1.88. The van der Waals surface area contributed by atoms with Crippen LogP contribution in [0.2, 0.25) is 0 Å². The maximum Gasteiger partial charge on any atom is 0.161 e. The molecule has 0 saturated heterocycles. The molecule has 2 rings (SSSR count). The van der Waals surface area contributed by atoms with Crippen molar-refractivity contribution >= 4 is 0 Å². The third-order valence-corrected chi connectivity index (χ3v) is 2.86. The Balaban J connectivity index is 2.10. The van der Waals surface area contributed by atoms with Gasteiger partial charge in [0.2, 0.25) is 0 Å². The van der Waals surface area contributed by atoms with Crippen LogP contribution in [-0.4, -0.2) is 13.2 Å². The first kappa shape index (κ1) is 11.3. The predicted octanol–water partition coefficient (Wildman–Crippen LogP) is 2.65. The Morgan fingerprint density at radius 2 is 2.00 bits per heavy atom. The monoisotopic (exact) mass is 221 g/mol. The first-order valence-electron chi connectivity index (χ1n) is 5.96. The summed E-state index contributed by atoms with van der Waals surface area (Å²) < 4.78 is 11.0. The lowest BCUT2D eigenvalue weighted by Gasteiger charge is -2.20. The molecule has 0 aliphatic carbocycles. The highest BCUT2D eigenvalue weighted by Gasteiger charge is 2.14. The van der Waals surface area contributed by atoms with E-state index in [1.54, 1.807) is 0 Å². The van der Waals surface area contributed by atoms with E-state index in [0.29, 0.717) is 13.2 Å². The molecule has 2 N–H and O–H groups in total. The van der Waals surface area contributed by atoms with Gasteiger partial charge in [-0.2, -0.15) is 0 Å². The molecule has 1 atom stereocenters. The number of rotatable bonds is 4. The van der Waals surface area contributed by atoms with Crippen molar-refractivity contribution in [1.29, 1.82) is 0 Å². The fourth-order valence-electron chi connectivity index (χ4n) is 1.88. The lowest BCUT2D eigenvalue weighted by Crippen LogP contribution is -2.16. The molecule has 0 radical (unpaired) electrons. The van der Waals surface area contributed by atoms with E-state index in [1.165, 1.54) is 6.42 Å². The van der Waals surface area contributed by atoms with Gasteiger partial charge in [0.1, 0.15) is 13.2 Å². The average Bonchev–Trinajstić information content (AvgIpc) is 2.35. The summed E-state index contributed by atoms with van der Waals surface area (Å²) in [5.41, 5.74) is 7.25. The zero-order chi connectivity index (χ0) is 11.4. The summed E-state index contributed by atoms with van der Waals surface area (Å²) in [6.45, 7) is 3.44. The number of hydrogen-bond donors (Lipinski definition) is 1. The van der Waals surface area contributed by atoms with Crippen LogP contribution in [-0.2, 0) is 0 Å². The van der Waals surface area contributed by atoms with Gasteiger partial charge in [-0.15, -0.1) is 0 Å². The average molecular weight is 221 g/mol. The van der Waals surface area contributed by atoms with Crippen molar-refractivity contribution in [2.24, 2.45) is 5.73 Å². The highest BCUT2D eigenvalue weighted by atomic mass is 16.6. The molecule has 1 heterocycles. The Bertz CT molecular complexity index is 352. The third-order valence-electron chi connectivity index (χ3n) is 2.86. The summed E-state index contributed by atoms with van der Waals surface area (Å²) >= 11 is 0. The van der Waals surface area contributed by atoms with Crippen molar-refractivity contribution in [2.45, 2.75) is 32.2 Å². The van der Waals surface area contributed by atoms with Crippen molar-refractivity contribution in [3.05, 3.63) is 23.8 Å². The molecule has 3 nitrogen and oxygen atoms in total. The Hall–Kier alpha value is -1.22. The van der Waals surface area contributed by atoms with Gasteiger partial charge in [-0.3, -0.25) is 0 Å². The second kappa shape index (κ2) is 5.21. The van der Waals surface area contributed by atoms with E-state index in [2.05, 4.69) is 6.92 Å². The lowest BCUT2D eigenvalue weighted by molar-refractivity contribution is 0.171. The molecule has 0 bridgehead atoms. The van der Waals surface area contributed by atoms with Gasteiger partial charge in [-0.05, 0) is 24.1 Å². The van der Waals surface area contributed by atoms with E-state index in [1.807, 2.05) is 18.2 Å². The maximum atomic E-state index is 6.12. The minimum Gasteiger partial charge on any atom is -0.486 e. The molecule has 0 fully saturated rings. The normalized spacial score (nSPS) is 15.9. The van der Waals surface area contributed by atoms with Gasteiger partial charge >= 0.3 is 0 Å². The van der Waals surface area contributed by atoms with Crippen LogP contribution in [0.5, 0.6) is 11.5 Å². The molecular formula is C13H19NO2. The standard InChI is InChI=1S/C13H19NO2/c1-2-3-4-11(14)10-5-6-12-13(9-10)16-8-7-15-12/h5-6,9,11H,2-4,7-8,14H2,1H3. The van der Waals surface area contributed by atoms with Crippen LogP contribution >= 0.6 is 0 Å². The maximum absolute atomic E-state index is 6.12. The Kier molecular flexibility index (Phi) is 3.67. The molecule has 1 aromatic carbocycles. The smallest absolute Gasteiger partial charge is 0.161 e. The molecule has 1 unspecified atom stereocenters. The summed E-state index contributed by atoms with van der Waals surface area (Å²) in [6, 6.07) is 6.11. The zero-order valence-corrected chi connectivity index (χ0v) is 9.74. The number of benzene rings is 1. The molecule has 0 spiro atoms. The summed E-state index contributed by atoms with van der Waals surface area (Å²) in [5.74, 6) is 1.66. The number of ether oxygens (including phenoxy) is 2. The second-order valence-electron chi connectivity index (χ2n) is 4.15. The number of hydrogen-bond acceptors (Lipinski definition) is 3. The van der Waals surface area contributed by atoms with Crippen LogP contribution in [0.1, 0.15) is 37.8 Å². The Labute approximate surface area is 96.5 Å². The van der Waals surface area contributed by atoms with Crippen molar-refractivity contribution in [3.8, 4) is 11.5 Å². The largest absolute Gasteiger partial charge is 0.486 e. The Morgan fingerprint density at radius 3 is 2.75 bits per heavy atom. The minimum atomic E-state index is 0.107. The van der Waals surface area contributed by atoms with E-state index in [9.17, 15) is 0 Å². The lowest BCUT2D eigenvalue weighted by atomic mass is 10.0. The van der Waals surface area contributed by atoms with Crippen LogP contribution in [0.4, 0.5) is 0 Å². The SMILES string of the molecule is CCCCC(N)c1ccc2c(c1)OCCO2. The molecule has 88 valence electrons. The molecule has 1 aliphatic rings. The van der Waals surface area contributed by atoms with Crippen molar-refractivity contribution in [1.82, 2.24) is 0 Å². The molecule has 3 heteroatoms. The molecule has 0 amide bonds. The van der Waals surface area contributed by atoms with Gasteiger partial charge in [0, 0.05) is 6.04 Å². The highest BCUT2D eigenvalue weighted by Crippen LogP contribution is 2.32. The first-order chi connectivity index (χ1) is 7.81. The molecule has 1 aromatic rings. The molecule has 0 saturated carbocycles. The van der Waals surface area contributed by atoms with Crippen molar-refractivity contribution in [2.75, 3.05) is 13.2 Å². The number of fused-ring (bicyclic) bond motifs is 1. The van der Waals surface area contributed by atoms with Crippen molar-refractivity contribution in [3.63, 3.8) is 0 Å². The van der Waals surface area contributed by atoms with Crippen LogP contribution in [0.25, 0.3) is 0 Å². The van der Waals surface area contributed by atoms with Crippen LogP contribution in [0.15, 0.2) is 18.2 Å². The first-order valence-corrected chi connectivity index (χ1v) is 5.96. The number of unbranched alkanes of at least 4 members (excludes halogenated alkanes) is 1. The van der Waals surface area contributed by atoms with Crippen molar-refractivity contribution < 1.29 is 9.47 Å². The summed E-state index contributed by atoms with van der Waals surface area (Å²) in [6.07, 6.45) is 3.37. The van der Waals surface area contributed by atoms with E-state index in [-0.39, 0.29) is 6.04 Å². The van der Waals surface area contributed by atoms with Crippen LogP contribution < -0.4 is 15.2 Å². The highest BCUT2D eigenvalue weighted by molar-refractivity contribution is 5.44. The van der Waals surface area contributed by atoms with Gasteiger partial charge in [-0.1, -0.05) is 25.8 Å². The van der Waals surface area contributed by atoms with Gasteiger partial charge in [0.05, 0.1) is 0 Å². The Morgan fingerprint density at radius 1 is 1.25 bits per heavy atom. The summed E-state index contributed by atoms with van der Waals surface area (Å²) in [4.78, 5) is 0. The number of nitrogens with two attached hydrogens (primary N) is 1. The van der Waals surface area contributed by atoms with Gasteiger partial charge in [0.25, 0.3) is 0 Å². The summed E-state index contributed by atoms with van der Waals surface area (Å²) in [5, 5.41) is 0.